The zero-order valence-corrected chi connectivity index (χ0v) is 21.3. The lowest BCUT2D eigenvalue weighted by Crippen LogP contribution is -2.57. The Morgan fingerprint density at radius 3 is 2.09 bits per heavy atom. The Hall–Kier alpha value is -2.71. The molecule has 0 aliphatic heterocycles. The van der Waals surface area contributed by atoms with E-state index in [-0.39, 0.29) is 30.1 Å². The largest absolute Gasteiger partial charge is 0.320 e. The monoisotopic (exact) mass is 474 g/mol. The maximum Gasteiger partial charge on any atom is 0.258 e. The fourth-order valence-corrected chi connectivity index (χ4v) is 3.65. The van der Waals surface area contributed by atoms with Crippen molar-refractivity contribution in [1.29, 1.82) is 0 Å². The van der Waals surface area contributed by atoms with E-state index >= 15 is 0 Å². The Morgan fingerprint density at radius 2 is 1.59 bits per heavy atom. The maximum absolute atomic E-state index is 13.4. The normalized spacial score (nSPS) is 14.3. The molecule has 1 aromatic rings. The second-order valence-electron chi connectivity index (χ2n) is 9.96. The van der Waals surface area contributed by atoms with E-state index in [0.717, 1.165) is 5.56 Å². The van der Waals surface area contributed by atoms with Gasteiger partial charge in [0, 0.05) is 6.54 Å². The van der Waals surface area contributed by atoms with Crippen molar-refractivity contribution in [1.82, 2.24) is 15.9 Å². The standard InChI is InChI=1S/C26H42N4O4/c1-17(2)15-22(21(25(32)29-34)14-10-13-20-11-8-7-9-12-20)24(31)28-30(16-18(3)4)26(33)23(27)19(5)6/h7-13,17-19,21-23,34H,14-16,27H2,1-6H3,(H,28,31)(H,29,32)/t21-,22+,23-/m0/s1. The summed E-state index contributed by atoms with van der Waals surface area (Å²) in [4.78, 5) is 39.0. The Bertz CT molecular complexity index is 808. The number of hydrogen-bond acceptors (Lipinski definition) is 5. The van der Waals surface area contributed by atoms with E-state index < -0.39 is 29.7 Å². The van der Waals surface area contributed by atoms with E-state index in [0.29, 0.717) is 13.0 Å². The van der Waals surface area contributed by atoms with Gasteiger partial charge in [0.25, 0.3) is 5.91 Å². The van der Waals surface area contributed by atoms with Crippen molar-refractivity contribution in [2.75, 3.05) is 6.54 Å². The molecule has 0 fully saturated rings. The third-order valence-corrected chi connectivity index (χ3v) is 5.56. The third kappa shape index (κ3) is 9.65. The molecule has 3 atom stereocenters. The minimum absolute atomic E-state index is 0.0949. The van der Waals surface area contributed by atoms with Crippen molar-refractivity contribution in [3.05, 3.63) is 42.0 Å². The topological polar surface area (TPSA) is 125 Å². The maximum atomic E-state index is 13.4. The molecule has 0 aromatic heterocycles. The van der Waals surface area contributed by atoms with Gasteiger partial charge in [-0.15, -0.1) is 0 Å². The SMILES string of the molecule is CC(C)C[C@@H](C(=O)NN(CC(C)C)C(=O)[C@@H](N)C(C)C)[C@H](CC=Cc1ccccc1)C(=O)NO. The van der Waals surface area contributed by atoms with Crippen LogP contribution in [0.25, 0.3) is 6.08 Å². The van der Waals surface area contributed by atoms with Crippen LogP contribution < -0.4 is 16.6 Å². The number of nitrogens with zero attached hydrogens (tertiary/aromatic N) is 1. The van der Waals surface area contributed by atoms with E-state index in [2.05, 4.69) is 5.43 Å². The summed E-state index contributed by atoms with van der Waals surface area (Å²) in [7, 11) is 0. The van der Waals surface area contributed by atoms with Crippen LogP contribution in [0.2, 0.25) is 0 Å². The molecule has 0 spiro atoms. The number of rotatable bonds is 12. The van der Waals surface area contributed by atoms with Gasteiger partial charge in [-0.1, -0.05) is 84.0 Å². The molecular formula is C26H42N4O4. The summed E-state index contributed by atoms with van der Waals surface area (Å²) in [6.45, 7) is 11.8. The lowest BCUT2D eigenvalue weighted by atomic mass is 9.82. The zero-order chi connectivity index (χ0) is 25.8. The Kier molecular flexibility index (Phi) is 12.5. The van der Waals surface area contributed by atoms with Gasteiger partial charge in [-0.25, -0.2) is 5.48 Å². The van der Waals surface area contributed by atoms with Gasteiger partial charge in [0.15, 0.2) is 0 Å². The highest BCUT2D eigenvalue weighted by Gasteiger charge is 2.35. The van der Waals surface area contributed by atoms with Crippen LogP contribution in [0.5, 0.6) is 0 Å². The molecule has 8 heteroatoms. The lowest BCUT2D eigenvalue weighted by Gasteiger charge is -2.32. The van der Waals surface area contributed by atoms with Crippen LogP contribution >= 0.6 is 0 Å². The highest BCUT2D eigenvalue weighted by molar-refractivity contribution is 5.90. The van der Waals surface area contributed by atoms with Gasteiger partial charge in [0.1, 0.15) is 0 Å². The van der Waals surface area contributed by atoms with E-state index in [1.165, 1.54) is 5.01 Å². The Morgan fingerprint density at radius 1 is 0.971 bits per heavy atom. The molecule has 0 unspecified atom stereocenters. The average molecular weight is 475 g/mol. The number of allylic oxidation sites excluding steroid dienone is 1. The van der Waals surface area contributed by atoms with Crippen LogP contribution in [0.4, 0.5) is 0 Å². The van der Waals surface area contributed by atoms with E-state index in [9.17, 15) is 19.6 Å². The number of carbonyl (C=O) groups is 3. The number of amides is 3. The van der Waals surface area contributed by atoms with Gasteiger partial charge in [0.2, 0.25) is 11.8 Å². The van der Waals surface area contributed by atoms with Crippen LogP contribution in [0.1, 0.15) is 59.9 Å². The Balaban J connectivity index is 3.18. The predicted octanol–water partition coefficient (Wildman–Crippen LogP) is 3.37. The molecule has 0 saturated carbocycles. The van der Waals surface area contributed by atoms with Crippen molar-refractivity contribution in [3.63, 3.8) is 0 Å². The highest BCUT2D eigenvalue weighted by Crippen LogP contribution is 2.26. The number of benzene rings is 1. The average Bonchev–Trinajstić information content (AvgIpc) is 2.78. The van der Waals surface area contributed by atoms with Crippen LogP contribution in [-0.4, -0.2) is 40.5 Å². The third-order valence-electron chi connectivity index (χ3n) is 5.56. The predicted molar refractivity (Wildman–Crippen MR) is 134 cm³/mol. The van der Waals surface area contributed by atoms with Gasteiger partial charge in [0.05, 0.1) is 17.9 Å². The smallest absolute Gasteiger partial charge is 0.258 e. The lowest BCUT2D eigenvalue weighted by molar-refractivity contribution is -0.148. The van der Waals surface area contributed by atoms with Gasteiger partial charge >= 0.3 is 0 Å². The number of nitrogens with two attached hydrogens (primary N) is 1. The minimum atomic E-state index is -0.817. The first-order valence-corrected chi connectivity index (χ1v) is 12.0. The van der Waals surface area contributed by atoms with E-state index in [1.807, 2.05) is 84.0 Å². The van der Waals surface area contributed by atoms with Gasteiger partial charge in [-0.2, -0.15) is 0 Å². The molecule has 34 heavy (non-hydrogen) atoms. The summed E-state index contributed by atoms with van der Waals surface area (Å²) >= 11 is 0. The van der Waals surface area contributed by atoms with Crippen LogP contribution in [-0.2, 0) is 14.4 Å². The first-order chi connectivity index (χ1) is 16.0. The van der Waals surface area contributed by atoms with Gasteiger partial charge in [-0.05, 0) is 36.2 Å². The van der Waals surface area contributed by atoms with Crippen molar-refractivity contribution in [2.45, 2.75) is 60.4 Å². The molecule has 0 heterocycles. The summed E-state index contributed by atoms with van der Waals surface area (Å²) in [5.74, 6) is -2.92. The minimum Gasteiger partial charge on any atom is -0.320 e. The number of carbonyl (C=O) groups excluding carboxylic acids is 3. The summed E-state index contributed by atoms with van der Waals surface area (Å²) in [6.07, 6.45) is 4.35. The molecule has 0 aliphatic carbocycles. The van der Waals surface area contributed by atoms with E-state index in [4.69, 9.17) is 5.73 Å². The van der Waals surface area contributed by atoms with E-state index in [1.54, 1.807) is 5.48 Å². The number of hydrogen-bond donors (Lipinski definition) is 4. The quantitative estimate of drug-likeness (QED) is 0.273. The number of hydrazine groups is 1. The van der Waals surface area contributed by atoms with Gasteiger partial charge in [-0.3, -0.25) is 30.0 Å². The van der Waals surface area contributed by atoms with Crippen LogP contribution in [0.3, 0.4) is 0 Å². The summed E-state index contributed by atoms with van der Waals surface area (Å²) in [5.41, 5.74) is 11.5. The zero-order valence-electron chi connectivity index (χ0n) is 21.3. The fraction of sp³-hybridized carbons (Fsp3) is 0.577. The molecule has 1 rings (SSSR count). The molecular weight excluding hydrogens is 432 g/mol. The second kappa shape index (κ2) is 14.5. The first kappa shape index (κ1) is 29.3. The first-order valence-electron chi connectivity index (χ1n) is 12.0. The highest BCUT2D eigenvalue weighted by atomic mass is 16.5. The fourth-order valence-electron chi connectivity index (χ4n) is 3.65. The number of nitrogens with one attached hydrogen (secondary N) is 2. The molecule has 8 nitrogen and oxygen atoms in total. The number of hydroxylamine groups is 1. The van der Waals surface area contributed by atoms with Crippen LogP contribution in [0, 0.1) is 29.6 Å². The molecule has 1 aromatic carbocycles. The molecule has 3 amide bonds. The molecule has 0 bridgehead atoms. The van der Waals surface area contributed by atoms with Crippen molar-refractivity contribution in [2.24, 2.45) is 35.3 Å². The second-order valence-corrected chi connectivity index (χ2v) is 9.96. The Labute approximate surface area is 203 Å². The van der Waals surface area contributed by atoms with Crippen molar-refractivity contribution >= 4 is 23.8 Å². The van der Waals surface area contributed by atoms with Crippen LogP contribution in [0.15, 0.2) is 36.4 Å². The summed E-state index contributed by atoms with van der Waals surface area (Å²) in [5, 5.41) is 10.6. The summed E-state index contributed by atoms with van der Waals surface area (Å²) < 4.78 is 0. The van der Waals surface area contributed by atoms with Crippen molar-refractivity contribution < 1.29 is 19.6 Å². The van der Waals surface area contributed by atoms with Crippen molar-refractivity contribution in [3.8, 4) is 0 Å². The molecule has 5 N–H and O–H groups in total. The molecule has 190 valence electrons. The molecule has 0 aliphatic rings. The van der Waals surface area contributed by atoms with Gasteiger partial charge < -0.3 is 5.73 Å². The summed E-state index contributed by atoms with van der Waals surface area (Å²) in [6, 6.07) is 8.85. The molecule has 0 saturated heterocycles. The molecule has 0 radical (unpaired) electrons.